The van der Waals surface area contributed by atoms with Gasteiger partial charge in [-0.1, -0.05) is 59.8 Å². The van der Waals surface area contributed by atoms with Gasteiger partial charge in [-0.2, -0.15) is 0 Å². The predicted octanol–water partition coefficient (Wildman–Crippen LogP) is 8.58. The molecule has 0 radical (unpaired) electrons. The van der Waals surface area contributed by atoms with Crippen molar-refractivity contribution in [1.82, 2.24) is 0 Å². The van der Waals surface area contributed by atoms with Gasteiger partial charge in [0.15, 0.2) is 0 Å². The third kappa shape index (κ3) is 4.87. The van der Waals surface area contributed by atoms with E-state index in [0.717, 1.165) is 47.5 Å². The lowest BCUT2D eigenvalue weighted by Crippen LogP contribution is -2.53. The molecule has 4 heteroatoms. The molecule has 0 heterocycles. The maximum Gasteiger partial charge on any atom is 0.336 e. The van der Waals surface area contributed by atoms with Crippen LogP contribution in [-0.4, -0.2) is 11.1 Å². The molecule has 0 aliphatic heterocycles. The van der Waals surface area contributed by atoms with Crippen molar-refractivity contribution in [3.8, 4) is 0 Å². The quantitative estimate of drug-likeness (QED) is 0.298. The SMILES string of the molecule is CC(CCC[C@@H](C)[C@H]1CC[C@H]2[C@@H]3CCC4CCCC[C@]4(C)[C@H]3CC[C@]12C)Cc1c(N)cc(N)cc1C(=O)O. The van der Waals surface area contributed by atoms with Crippen LogP contribution < -0.4 is 11.5 Å². The summed E-state index contributed by atoms with van der Waals surface area (Å²) in [5.74, 6) is 5.04. The van der Waals surface area contributed by atoms with Gasteiger partial charge in [-0.3, -0.25) is 0 Å². The Bertz CT molecular complexity index is 1020. The zero-order valence-electron chi connectivity index (χ0n) is 24.6. The molecular formula is C34H54N2O2. The van der Waals surface area contributed by atoms with Crippen LogP contribution in [0.2, 0.25) is 0 Å². The molecule has 9 atom stereocenters. The van der Waals surface area contributed by atoms with Crippen LogP contribution in [0.5, 0.6) is 0 Å². The van der Waals surface area contributed by atoms with Gasteiger partial charge in [0.1, 0.15) is 0 Å². The fourth-order valence-electron chi connectivity index (χ4n) is 10.8. The summed E-state index contributed by atoms with van der Waals surface area (Å²) in [4.78, 5) is 11.8. The monoisotopic (exact) mass is 522 g/mol. The van der Waals surface area contributed by atoms with Crippen molar-refractivity contribution in [2.45, 2.75) is 118 Å². The number of hydrogen-bond donors (Lipinski definition) is 3. The van der Waals surface area contributed by atoms with Crippen LogP contribution in [0.25, 0.3) is 0 Å². The number of anilines is 2. The highest BCUT2D eigenvalue weighted by molar-refractivity contribution is 5.92. The van der Waals surface area contributed by atoms with Crippen molar-refractivity contribution >= 4 is 17.3 Å². The number of benzene rings is 1. The van der Waals surface area contributed by atoms with Crippen LogP contribution >= 0.6 is 0 Å². The minimum absolute atomic E-state index is 0.263. The van der Waals surface area contributed by atoms with E-state index in [1.54, 1.807) is 12.1 Å². The molecule has 0 aromatic heterocycles. The Morgan fingerprint density at radius 3 is 2.47 bits per heavy atom. The summed E-state index contributed by atoms with van der Waals surface area (Å²) in [5.41, 5.74) is 15.2. The molecule has 4 aliphatic rings. The topological polar surface area (TPSA) is 89.3 Å². The van der Waals surface area contributed by atoms with E-state index in [2.05, 4.69) is 27.7 Å². The summed E-state index contributed by atoms with van der Waals surface area (Å²) in [6.45, 7) is 10.2. The predicted molar refractivity (Wildman–Crippen MR) is 158 cm³/mol. The van der Waals surface area contributed by atoms with E-state index in [1.807, 2.05) is 0 Å². The smallest absolute Gasteiger partial charge is 0.336 e. The zero-order chi connectivity index (χ0) is 27.2. The van der Waals surface area contributed by atoms with E-state index in [0.29, 0.717) is 34.5 Å². The highest BCUT2D eigenvalue weighted by atomic mass is 16.4. The lowest BCUT2D eigenvalue weighted by Gasteiger charge is -2.61. The molecule has 0 bridgehead atoms. The van der Waals surface area contributed by atoms with E-state index >= 15 is 0 Å². The minimum atomic E-state index is -0.940. The van der Waals surface area contributed by atoms with Gasteiger partial charge >= 0.3 is 5.97 Å². The number of fused-ring (bicyclic) bond motifs is 5. The van der Waals surface area contributed by atoms with E-state index < -0.39 is 5.97 Å². The summed E-state index contributed by atoms with van der Waals surface area (Å²) in [7, 11) is 0. The normalized spacial score (nSPS) is 38.1. The lowest BCUT2D eigenvalue weighted by atomic mass is 9.44. The molecule has 4 nitrogen and oxygen atoms in total. The number of carboxylic acid groups (broad SMARTS) is 1. The molecule has 5 rings (SSSR count). The highest BCUT2D eigenvalue weighted by Crippen LogP contribution is 2.68. The molecule has 2 unspecified atom stereocenters. The summed E-state index contributed by atoms with van der Waals surface area (Å²) < 4.78 is 0. The second-order valence-electron chi connectivity index (χ2n) is 14.8. The Hall–Kier alpha value is -1.71. The minimum Gasteiger partial charge on any atom is -0.478 e. The third-order valence-corrected chi connectivity index (χ3v) is 12.8. The second kappa shape index (κ2) is 10.7. The highest BCUT2D eigenvalue weighted by Gasteiger charge is 2.60. The number of nitrogen functional groups attached to an aromatic ring is 2. The molecule has 4 saturated carbocycles. The molecule has 38 heavy (non-hydrogen) atoms. The van der Waals surface area contributed by atoms with Crippen molar-refractivity contribution in [1.29, 1.82) is 0 Å². The maximum atomic E-state index is 11.8. The number of rotatable bonds is 8. The van der Waals surface area contributed by atoms with E-state index in [1.165, 1.54) is 77.0 Å². The van der Waals surface area contributed by atoms with Crippen molar-refractivity contribution in [2.24, 2.45) is 52.3 Å². The number of carbonyl (C=O) groups is 1. The van der Waals surface area contributed by atoms with Gasteiger partial charge in [-0.15, -0.1) is 0 Å². The lowest BCUT2D eigenvalue weighted by molar-refractivity contribution is -0.114. The Labute approximate surface area is 231 Å². The van der Waals surface area contributed by atoms with Crippen molar-refractivity contribution in [2.75, 3.05) is 11.5 Å². The van der Waals surface area contributed by atoms with Crippen molar-refractivity contribution < 1.29 is 9.90 Å². The molecule has 5 N–H and O–H groups in total. The number of hydrogen-bond acceptors (Lipinski definition) is 3. The molecule has 0 spiro atoms. The molecular weight excluding hydrogens is 468 g/mol. The van der Waals surface area contributed by atoms with Crippen LogP contribution in [0.4, 0.5) is 11.4 Å². The number of aromatic carboxylic acids is 1. The maximum absolute atomic E-state index is 11.8. The van der Waals surface area contributed by atoms with Crippen molar-refractivity contribution in [3.63, 3.8) is 0 Å². The first-order chi connectivity index (χ1) is 18.0. The number of carboxylic acids is 1. The summed E-state index contributed by atoms with van der Waals surface area (Å²) in [6.07, 6.45) is 19.1. The molecule has 0 saturated heterocycles. The summed E-state index contributed by atoms with van der Waals surface area (Å²) in [5, 5.41) is 9.65. The molecule has 1 aromatic rings. The van der Waals surface area contributed by atoms with Gasteiger partial charge in [0.05, 0.1) is 5.56 Å². The Morgan fingerprint density at radius 2 is 1.71 bits per heavy atom. The van der Waals surface area contributed by atoms with Gasteiger partial charge in [-0.05, 0) is 128 Å². The summed E-state index contributed by atoms with van der Waals surface area (Å²) in [6, 6.07) is 3.25. The third-order valence-electron chi connectivity index (χ3n) is 12.8. The van der Waals surface area contributed by atoms with E-state index in [-0.39, 0.29) is 5.56 Å². The Morgan fingerprint density at radius 1 is 0.947 bits per heavy atom. The van der Waals surface area contributed by atoms with Gasteiger partial charge in [-0.25, -0.2) is 4.79 Å². The van der Waals surface area contributed by atoms with Crippen LogP contribution in [0, 0.1) is 52.3 Å². The van der Waals surface area contributed by atoms with E-state index in [9.17, 15) is 9.90 Å². The van der Waals surface area contributed by atoms with Crippen LogP contribution in [0.15, 0.2) is 12.1 Å². The van der Waals surface area contributed by atoms with Crippen LogP contribution in [-0.2, 0) is 6.42 Å². The average Bonchev–Trinajstić information content (AvgIpc) is 3.22. The molecule has 4 aliphatic carbocycles. The van der Waals surface area contributed by atoms with Gasteiger partial charge in [0, 0.05) is 11.4 Å². The number of nitrogens with two attached hydrogens (primary N) is 2. The van der Waals surface area contributed by atoms with Crippen LogP contribution in [0.1, 0.15) is 127 Å². The molecule has 4 fully saturated rings. The summed E-state index contributed by atoms with van der Waals surface area (Å²) >= 11 is 0. The average molecular weight is 523 g/mol. The first-order valence-corrected chi connectivity index (χ1v) is 16.0. The Kier molecular flexibility index (Phi) is 7.84. The largest absolute Gasteiger partial charge is 0.478 e. The van der Waals surface area contributed by atoms with Crippen LogP contribution in [0.3, 0.4) is 0 Å². The first kappa shape index (κ1) is 27.8. The standard InChI is InChI=1S/C34H54N2O2/c1-21(18-26-27(32(37)38)19-24(35)20-31(26)36)8-7-9-22(2)28-13-14-29-25-12-11-23-10-5-6-16-33(23,3)30(25)15-17-34(28,29)4/h19-23,25,28-30H,5-18,35-36H2,1-4H3,(H,37,38)/t21?,22-,23?,25+,28-,29+,30+,33+,34-/m1/s1. The molecule has 212 valence electrons. The van der Waals surface area contributed by atoms with Gasteiger partial charge in [0.2, 0.25) is 0 Å². The molecule has 1 aromatic carbocycles. The fourth-order valence-corrected chi connectivity index (χ4v) is 10.8. The zero-order valence-corrected chi connectivity index (χ0v) is 24.6. The van der Waals surface area contributed by atoms with Gasteiger partial charge in [0.25, 0.3) is 0 Å². The van der Waals surface area contributed by atoms with Gasteiger partial charge < -0.3 is 16.6 Å². The van der Waals surface area contributed by atoms with Crippen molar-refractivity contribution in [3.05, 3.63) is 23.3 Å². The fraction of sp³-hybridized carbons (Fsp3) is 0.794. The Balaban J connectivity index is 1.17. The second-order valence-corrected chi connectivity index (χ2v) is 14.8. The first-order valence-electron chi connectivity index (χ1n) is 16.0. The van der Waals surface area contributed by atoms with E-state index in [4.69, 9.17) is 11.5 Å². The molecule has 0 amide bonds.